The van der Waals surface area contributed by atoms with Crippen molar-refractivity contribution in [1.29, 1.82) is 0 Å². The number of aliphatic hydroxyl groups is 1. The molecular weight excluding hydrogens is 389 g/mol. The minimum absolute atomic E-state index is 0. The van der Waals surface area contributed by atoms with Crippen LogP contribution in [0.4, 0.5) is 5.95 Å². The fourth-order valence-electron chi connectivity index (χ4n) is 2.70. The third kappa shape index (κ3) is 4.96. The molecule has 4 N–H and O–H groups in total. The van der Waals surface area contributed by atoms with Crippen LogP contribution in [-0.2, 0) is 9.36 Å². The van der Waals surface area contributed by atoms with Gasteiger partial charge in [0.1, 0.15) is 0 Å². The van der Waals surface area contributed by atoms with Gasteiger partial charge in [-0.25, -0.2) is 4.98 Å². The van der Waals surface area contributed by atoms with Crippen molar-refractivity contribution in [2.24, 2.45) is 0 Å². The standard InChI is InChI=1S/C11H15N6O6P.2Na/c12-11-14-9-8(10(20)15-11)13-4-17(9)5-1-16(2-6(5)18)7(19)3-24(21,22)23;;/h4-6,18H,1-3H2,(H2,21,22,23)(H3,12,14,15,20);;/q;2*+1/p-2/t5-,6+;;/m0../s1. The van der Waals surface area contributed by atoms with Gasteiger partial charge in [0.05, 0.1) is 24.6 Å². The van der Waals surface area contributed by atoms with Gasteiger partial charge in [0.15, 0.2) is 11.2 Å². The van der Waals surface area contributed by atoms with Gasteiger partial charge in [-0.2, -0.15) is 4.98 Å². The van der Waals surface area contributed by atoms with Crippen LogP contribution in [0.5, 0.6) is 0 Å². The molecule has 1 fully saturated rings. The third-order valence-electron chi connectivity index (χ3n) is 3.75. The molecule has 12 nitrogen and oxygen atoms in total. The van der Waals surface area contributed by atoms with Crippen LogP contribution < -0.4 is 80.2 Å². The largest absolute Gasteiger partial charge is 1.00 e. The van der Waals surface area contributed by atoms with Crippen molar-refractivity contribution < 1.29 is 83.4 Å². The summed E-state index contributed by atoms with van der Waals surface area (Å²) < 4.78 is 12.1. The van der Waals surface area contributed by atoms with Crippen LogP contribution in [0, 0.1) is 0 Å². The number of nitrogen functional groups attached to an aromatic ring is 1. The number of nitrogens with two attached hydrogens (primary N) is 1. The number of hydrogen-bond donors (Lipinski definition) is 3. The molecule has 130 valence electrons. The number of nitrogens with one attached hydrogen (secondary N) is 1. The molecule has 0 aliphatic carbocycles. The average Bonchev–Trinajstić information content (AvgIpc) is 3.00. The van der Waals surface area contributed by atoms with Crippen molar-refractivity contribution >= 4 is 30.6 Å². The van der Waals surface area contributed by atoms with E-state index in [9.17, 15) is 29.0 Å². The number of aliphatic hydroxyl groups excluding tert-OH is 1. The number of fused-ring (bicyclic) bond motifs is 1. The first-order valence-corrected chi connectivity index (χ1v) is 8.58. The van der Waals surface area contributed by atoms with E-state index in [2.05, 4.69) is 15.0 Å². The Kier molecular flexibility index (Phi) is 8.07. The summed E-state index contributed by atoms with van der Waals surface area (Å²) in [5.41, 5.74) is 5.10. The molecule has 2 aromatic heterocycles. The first-order valence-electron chi connectivity index (χ1n) is 6.85. The zero-order valence-electron chi connectivity index (χ0n) is 14.2. The molecular formula is C11H13N6Na2O6P. The van der Waals surface area contributed by atoms with Crippen LogP contribution >= 0.6 is 7.60 Å². The van der Waals surface area contributed by atoms with Gasteiger partial charge >= 0.3 is 59.1 Å². The molecule has 2 atom stereocenters. The van der Waals surface area contributed by atoms with E-state index < -0.39 is 37.4 Å². The van der Waals surface area contributed by atoms with E-state index in [-0.39, 0.29) is 89.3 Å². The molecule has 1 saturated heterocycles. The summed E-state index contributed by atoms with van der Waals surface area (Å²) >= 11 is 0. The molecule has 1 amide bonds. The second-order valence-electron chi connectivity index (χ2n) is 5.48. The molecule has 1 aliphatic heterocycles. The van der Waals surface area contributed by atoms with Gasteiger partial charge < -0.3 is 34.7 Å². The normalized spacial score (nSPS) is 19.9. The Balaban J connectivity index is 0.00000169. The summed E-state index contributed by atoms with van der Waals surface area (Å²) in [6.45, 7) is -0.207. The van der Waals surface area contributed by atoms with Crippen LogP contribution in [0.15, 0.2) is 11.1 Å². The molecule has 1 aliphatic rings. The second kappa shape index (κ2) is 8.82. The maximum Gasteiger partial charge on any atom is 1.00 e. The summed E-state index contributed by atoms with van der Waals surface area (Å²) in [5, 5.41) is 10.2. The Labute approximate surface area is 190 Å². The number of H-pyrrole nitrogens is 1. The van der Waals surface area contributed by atoms with Crippen molar-refractivity contribution in [2.45, 2.75) is 12.1 Å². The van der Waals surface area contributed by atoms with E-state index >= 15 is 0 Å². The van der Waals surface area contributed by atoms with E-state index in [0.717, 1.165) is 4.90 Å². The van der Waals surface area contributed by atoms with Gasteiger partial charge in [0.2, 0.25) is 11.9 Å². The third-order valence-corrected chi connectivity index (χ3v) is 4.41. The van der Waals surface area contributed by atoms with Crippen LogP contribution in [0.2, 0.25) is 0 Å². The van der Waals surface area contributed by atoms with Gasteiger partial charge in [0, 0.05) is 13.1 Å². The van der Waals surface area contributed by atoms with E-state index in [1.54, 1.807) is 0 Å². The number of likely N-dealkylation sites (tertiary alicyclic amines) is 1. The molecule has 0 aromatic carbocycles. The van der Waals surface area contributed by atoms with Crippen LogP contribution in [0.25, 0.3) is 11.2 Å². The predicted molar refractivity (Wildman–Crippen MR) is 76.7 cm³/mol. The molecule has 15 heteroatoms. The van der Waals surface area contributed by atoms with Crippen molar-refractivity contribution in [1.82, 2.24) is 24.4 Å². The number of nitrogens with zero attached hydrogens (tertiary/aromatic N) is 4. The number of aromatic nitrogens is 4. The smallest absolute Gasteiger partial charge is 0.810 e. The number of carbonyl (C=O) groups excluding carboxylic acids is 1. The zero-order chi connectivity index (χ0) is 17.6. The number of rotatable bonds is 3. The van der Waals surface area contributed by atoms with Gasteiger partial charge in [-0.3, -0.25) is 14.6 Å². The topological polar surface area (TPSA) is 193 Å². The maximum absolute atomic E-state index is 11.8. The minimum Gasteiger partial charge on any atom is -0.810 e. The van der Waals surface area contributed by atoms with Crippen LogP contribution in [0.1, 0.15) is 6.04 Å². The number of aromatic amines is 1. The second-order valence-corrected chi connectivity index (χ2v) is 7.02. The molecule has 0 radical (unpaired) electrons. The number of imidazole rings is 1. The minimum atomic E-state index is -4.99. The van der Waals surface area contributed by atoms with Crippen LogP contribution in [0.3, 0.4) is 0 Å². The van der Waals surface area contributed by atoms with Crippen molar-refractivity contribution in [2.75, 3.05) is 25.0 Å². The first-order chi connectivity index (χ1) is 11.2. The predicted octanol–water partition coefficient (Wildman–Crippen LogP) is -9.63. The Bertz CT molecular complexity index is 912. The molecule has 2 aromatic rings. The van der Waals surface area contributed by atoms with E-state index in [1.165, 1.54) is 10.9 Å². The number of amides is 1. The van der Waals surface area contributed by atoms with Crippen molar-refractivity contribution in [3.63, 3.8) is 0 Å². The fourth-order valence-corrected chi connectivity index (χ4v) is 3.23. The summed E-state index contributed by atoms with van der Waals surface area (Å²) in [4.78, 5) is 56.3. The van der Waals surface area contributed by atoms with Gasteiger partial charge in [-0.15, -0.1) is 0 Å². The number of carbonyl (C=O) groups is 1. The van der Waals surface area contributed by atoms with Gasteiger partial charge in [0.25, 0.3) is 5.56 Å². The van der Waals surface area contributed by atoms with Crippen molar-refractivity contribution in [3.8, 4) is 0 Å². The molecule has 26 heavy (non-hydrogen) atoms. The van der Waals surface area contributed by atoms with Gasteiger partial charge in [-0.1, -0.05) is 7.60 Å². The monoisotopic (exact) mass is 402 g/mol. The number of hydrogen-bond acceptors (Lipinski definition) is 9. The average molecular weight is 402 g/mol. The molecule has 3 heterocycles. The Morgan fingerprint density at radius 1 is 1.42 bits per heavy atom. The summed E-state index contributed by atoms with van der Waals surface area (Å²) in [5.74, 6) is -1.02. The number of anilines is 1. The number of β-amino-alcohol motifs (C(OH)–C–C–N with tert-alkyl or cyclic N) is 1. The maximum atomic E-state index is 11.8. The van der Waals surface area contributed by atoms with E-state index in [0.29, 0.717) is 0 Å². The SMILES string of the molecule is Nc1nc2c(ncn2[C@H]2CN(C(=O)CP(=O)([O-])[O-])C[C@H]2O)c(=O)[nH]1.[Na+].[Na+]. The first kappa shape index (κ1) is 23.8. The summed E-state index contributed by atoms with van der Waals surface area (Å²) in [7, 11) is -4.99. The Morgan fingerprint density at radius 2 is 2.08 bits per heavy atom. The Hall–Kier alpha value is -0.270. The Morgan fingerprint density at radius 3 is 2.69 bits per heavy atom. The molecule has 0 spiro atoms. The molecule has 3 rings (SSSR count). The summed E-state index contributed by atoms with van der Waals surface area (Å²) in [6.07, 6.45) is -0.922. The van der Waals surface area contributed by atoms with Crippen LogP contribution in [-0.4, -0.2) is 60.8 Å². The molecule has 0 saturated carbocycles. The fraction of sp³-hybridized carbons (Fsp3) is 0.455. The summed E-state index contributed by atoms with van der Waals surface area (Å²) in [6, 6.07) is -0.703. The molecule has 0 unspecified atom stereocenters. The van der Waals surface area contributed by atoms with Crippen molar-refractivity contribution in [3.05, 3.63) is 16.7 Å². The van der Waals surface area contributed by atoms with E-state index in [1.807, 2.05) is 0 Å². The van der Waals surface area contributed by atoms with Gasteiger partial charge in [-0.05, 0) is 0 Å². The quantitative estimate of drug-likeness (QED) is 0.330. The van der Waals surface area contributed by atoms with E-state index in [4.69, 9.17) is 5.73 Å². The molecule has 0 bridgehead atoms. The zero-order valence-corrected chi connectivity index (χ0v) is 19.0.